The van der Waals surface area contributed by atoms with E-state index in [1.807, 2.05) is 24.3 Å². The molecule has 4 heteroatoms. The standard InChI is InChI=1S/C48H31N3O/c1-47(37-24-10-5-18-31(37)32-19-6-11-25-38(32)47)45-49-44(36-23-15-29-42-43(36)35-22-9-14-28-41(35)52-42)50-46(51-45)48(30-16-3-2-4-17-30)39-26-12-7-20-33(39)34-21-8-13-27-40(34)48/h2-29H,1H3. The molecule has 7 aromatic carbocycles. The first-order valence-electron chi connectivity index (χ1n) is 17.8. The van der Waals surface area contributed by atoms with Crippen LogP contribution in [0.4, 0.5) is 0 Å². The predicted octanol–water partition coefficient (Wildman–Crippen LogP) is 11.1. The van der Waals surface area contributed by atoms with Crippen molar-refractivity contribution in [2.75, 3.05) is 0 Å². The number of fused-ring (bicyclic) bond motifs is 9. The third-order valence-corrected chi connectivity index (χ3v) is 11.4. The zero-order valence-electron chi connectivity index (χ0n) is 28.4. The Labute approximate surface area is 301 Å². The highest BCUT2D eigenvalue weighted by Crippen LogP contribution is 2.57. The van der Waals surface area contributed by atoms with Crippen molar-refractivity contribution < 1.29 is 4.42 Å². The monoisotopic (exact) mass is 665 g/mol. The Bertz CT molecular complexity index is 2800. The molecule has 0 unspecified atom stereocenters. The summed E-state index contributed by atoms with van der Waals surface area (Å²) < 4.78 is 6.40. The van der Waals surface area contributed by atoms with Crippen LogP contribution >= 0.6 is 0 Å². The lowest BCUT2D eigenvalue weighted by Crippen LogP contribution is -2.34. The molecular formula is C48H31N3O. The van der Waals surface area contributed by atoms with Gasteiger partial charge in [-0.2, -0.15) is 0 Å². The third kappa shape index (κ3) is 3.73. The van der Waals surface area contributed by atoms with Crippen LogP contribution in [0.15, 0.2) is 174 Å². The van der Waals surface area contributed by atoms with E-state index < -0.39 is 10.8 Å². The highest BCUT2D eigenvalue weighted by molar-refractivity contribution is 6.11. The number of rotatable bonds is 4. The van der Waals surface area contributed by atoms with Gasteiger partial charge in [-0.25, -0.2) is 15.0 Å². The molecule has 2 aliphatic rings. The van der Waals surface area contributed by atoms with E-state index in [1.165, 1.54) is 33.4 Å². The number of para-hydroxylation sites is 1. The largest absolute Gasteiger partial charge is 0.456 e. The van der Waals surface area contributed by atoms with E-state index in [2.05, 4.69) is 153 Å². The smallest absolute Gasteiger partial charge is 0.164 e. The summed E-state index contributed by atoms with van der Waals surface area (Å²) in [5.41, 5.74) is 11.7. The van der Waals surface area contributed by atoms with Gasteiger partial charge in [0.15, 0.2) is 11.6 Å². The molecule has 0 saturated carbocycles. The maximum atomic E-state index is 6.40. The maximum absolute atomic E-state index is 6.40. The van der Waals surface area contributed by atoms with Crippen LogP contribution in [-0.4, -0.2) is 15.0 Å². The molecule has 2 aliphatic carbocycles. The quantitative estimate of drug-likeness (QED) is 0.188. The summed E-state index contributed by atoms with van der Waals surface area (Å²) in [4.78, 5) is 16.9. The van der Waals surface area contributed by atoms with Crippen molar-refractivity contribution in [1.82, 2.24) is 15.0 Å². The molecule has 52 heavy (non-hydrogen) atoms. The van der Waals surface area contributed by atoms with Crippen LogP contribution in [0.3, 0.4) is 0 Å². The molecule has 0 aliphatic heterocycles. The number of furan rings is 1. The Morgan fingerprint density at radius 2 is 0.885 bits per heavy atom. The zero-order chi connectivity index (χ0) is 34.4. The molecule has 0 amide bonds. The lowest BCUT2D eigenvalue weighted by atomic mass is 9.71. The molecule has 0 radical (unpaired) electrons. The average molecular weight is 666 g/mol. The van der Waals surface area contributed by atoms with Crippen LogP contribution in [0.1, 0.15) is 46.4 Å². The fourth-order valence-electron chi connectivity index (χ4n) is 9.15. The molecule has 0 atom stereocenters. The molecule has 244 valence electrons. The van der Waals surface area contributed by atoms with Crippen LogP contribution in [-0.2, 0) is 10.8 Å². The van der Waals surface area contributed by atoms with Crippen LogP contribution in [0, 0.1) is 0 Å². The van der Waals surface area contributed by atoms with Crippen molar-refractivity contribution in [1.29, 1.82) is 0 Å². The van der Waals surface area contributed by atoms with Gasteiger partial charge in [0.1, 0.15) is 22.4 Å². The second kappa shape index (κ2) is 10.7. The maximum Gasteiger partial charge on any atom is 0.164 e. The molecule has 0 bridgehead atoms. The molecule has 9 aromatic rings. The minimum atomic E-state index is -0.804. The summed E-state index contributed by atoms with van der Waals surface area (Å²) in [6.45, 7) is 2.28. The number of aromatic nitrogens is 3. The van der Waals surface area contributed by atoms with Gasteiger partial charge in [0.25, 0.3) is 0 Å². The van der Waals surface area contributed by atoms with Crippen molar-refractivity contribution in [2.45, 2.75) is 17.8 Å². The van der Waals surface area contributed by atoms with Crippen LogP contribution in [0.5, 0.6) is 0 Å². The summed E-state index contributed by atoms with van der Waals surface area (Å²) in [5.74, 6) is 2.04. The van der Waals surface area contributed by atoms with E-state index in [9.17, 15) is 0 Å². The van der Waals surface area contributed by atoms with Gasteiger partial charge in [-0.15, -0.1) is 0 Å². The molecule has 2 heterocycles. The van der Waals surface area contributed by atoms with E-state index in [4.69, 9.17) is 19.4 Å². The van der Waals surface area contributed by atoms with E-state index in [-0.39, 0.29) is 0 Å². The minimum absolute atomic E-state index is 0.623. The first-order valence-corrected chi connectivity index (χ1v) is 17.8. The Hall–Kier alpha value is -6.65. The fourth-order valence-corrected chi connectivity index (χ4v) is 9.15. The van der Waals surface area contributed by atoms with E-state index in [0.29, 0.717) is 17.5 Å². The van der Waals surface area contributed by atoms with Gasteiger partial charge >= 0.3 is 0 Å². The lowest BCUT2D eigenvalue weighted by Gasteiger charge is -2.33. The number of hydrogen-bond donors (Lipinski definition) is 0. The first kappa shape index (κ1) is 29.1. The molecule has 0 N–H and O–H groups in total. The van der Waals surface area contributed by atoms with Crippen LogP contribution in [0.2, 0.25) is 0 Å². The Morgan fingerprint density at radius 3 is 1.54 bits per heavy atom. The SMILES string of the molecule is CC1(c2nc(-c3cccc4oc5ccccc5c34)nc(C3(c4ccccc4)c4ccccc4-c4ccccc43)n2)c2ccccc2-c2ccccc21. The van der Waals surface area contributed by atoms with Crippen LogP contribution in [0.25, 0.3) is 55.6 Å². The highest BCUT2D eigenvalue weighted by Gasteiger charge is 2.50. The topological polar surface area (TPSA) is 51.8 Å². The van der Waals surface area contributed by atoms with Gasteiger partial charge in [0.05, 0.1) is 5.41 Å². The van der Waals surface area contributed by atoms with Crippen molar-refractivity contribution in [3.8, 4) is 33.6 Å². The van der Waals surface area contributed by atoms with Gasteiger partial charge in [0, 0.05) is 16.3 Å². The normalized spacial score (nSPS) is 14.6. The van der Waals surface area contributed by atoms with E-state index in [1.54, 1.807) is 0 Å². The zero-order valence-corrected chi connectivity index (χ0v) is 28.4. The first-order chi connectivity index (χ1) is 25.7. The second-order valence-electron chi connectivity index (χ2n) is 14.0. The van der Waals surface area contributed by atoms with E-state index in [0.717, 1.165) is 44.2 Å². The summed E-state index contributed by atoms with van der Waals surface area (Å²) in [5, 5.41) is 2.04. The Kier molecular flexibility index (Phi) is 5.98. The number of nitrogens with zero attached hydrogens (tertiary/aromatic N) is 3. The third-order valence-electron chi connectivity index (χ3n) is 11.4. The van der Waals surface area contributed by atoms with Crippen molar-refractivity contribution in [3.63, 3.8) is 0 Å². The molecule has 0 spiro atoms. The Morgan fingerprint density at radius 1 is 0.404 bits per heavy atom. The average Bonchev–Trinajstić information content (AvgIpc) is 3.84. The molecule has 4 nitrogen and oxygen atoms in total. The molecule has 11 rings (SSSR count). The predicted molar refractivity (Wildman–Crippen MR) is 207 cm³/mol. The summed E-state index contributed by atoms with van der Waals surface area (Å²) in [6.07, 6.45) is 0. The van der Waals surface area contributed by atoms with Crippen LogP contribution < -0.4 is 0 Å². The highest BCUT2D eigenvalue weighted by atomic mass is 16.3. The Balaban J connectivity index is 1.31. The summed E-state index contributed by atoms with van der Waals surface area (Å²) in [7, 11) is 0. The second-order valence-corrected chi connectivity index (χ2v) is 14.0. The van der Waals surface area contributed by atoms with Crippen molar-refractivity contribution in [2.24, 2.45) is 0 Å². The minimum Gasteiger partial charge on any atom is -0.456 e. The van der Waals surface area contributed by atoms with Gasteiger partial charge < -0.3 is 4.42 Å². The van der Waals surface area contributed by atoms with Gasteiger partial charge in [-0.05, 0) is 69.1 Å². The van der Waals surface area contributed by atoms with E-state index >= 15 is 0 Å². The molecule has 2 aromatic heterocycles. The molecular weight excluding hydrogens is 635 g/mol. The lowest BCUT2D eigenvalue weighted by molar-refractivity contribution is 0.607. The number of benzene rings is 7. The van der Waals surface area contributed by atoms with Crippen molar-refractivity contribution in [3.05, 3.63) is 209 Å². The van der Waals surface area contributed by atoms with Gasteiger partial charge in [0.2, 0.25) is 0 Å². The summed E-state index contributed by atoms with van der Waals surface area (Å²) >= 11 is 0. The van der Waals surface area contributed by atoms with Crippen molar-refractivity contribution >= 4 is 21.9 Å². The summed E-state index contributed by atoms with van der Waals surface area (Å²) in [6, 6.07) is 60.0. The number of hydrogen-bond acceptors (Lipinski definition) is 4. The fraction of sp³-hybridized carbons (Fsp3) is 0.0625. The van der Waals surface area contributed by atoms with Gasteiger partial charge in [-0.1, -0.05) is 158 Å². The van der Waals surface area contributed by atoms with Gasteiger partial charge in [-0.3, -0.25) is 0 Å². The molecule has 0 fully saturated rings. The molecule has 0 saturated heterocycles.